The van der Waals surface area contributed by atoms with Crippen LogP contribution in [0.1, 0.15) is 107 Å². The van der Waals surface area contributed by atoms with Gasteiger partial charge in [0.05, 0.1) is 11.7 Å². The molecule has 4 aliphatic carbocycles. The topological polar surface area (TPSA) is 29.5 Å². The minimum absolute atomic E-state index is 0.106. The van der Waals surface area contributed by atoms with Gasteiger partial charge in [-0.05, 0) is 98.7 Å². The Kier molecular flexibility index (Phi) is 6.82. The van der Waals surface area contributed by atoms with Gasteiger partial charge in [-0.3, -0.25) is 0 Å². The first-order valence-electron chi connectivity index (χ1n) is 14.3. The van der Waals surface area contributed by atoms with Gasteiger partial charge in [0.1, 0.15) is 0 Å². The summed E-state index contributed by atoms with van der Waals surface area (Å²) in [4.78, 5) is 0. The van der Waals surface area contributed by atoms with E-state index >= 15 is 0 Å². The van der Waals surface area contributed by atoms with E-state index in [-0.39, 0.29) is 27.8 Å². The first kappa shape index (κ1) is 26.5. The molecular weight excluding hydrogens is 416 g/mol. The first-order chi connectivity index (χ1) is 15.7. The molecule has 0 aromatic rings. The van der Waals surface area contributed by atoms with E-state index in [1.807, 2.05) is 7.11 Å². The number of fused-ring (bicyclic) bond motifs is 5. The maximum absolute atomic E-state index is 11.9. The van der Waals surface area contributed by atoms with Gasteiger partial charge < -0.3 is 9.84 Å². The average molecular weight is 471 g/mol. The second-order valence-corrected chi connectivity index (χ2v) is 14.4. The van der Waals surface area contributed by atoms with Crippen LogP contribution >= 0.6 is 0 Å². The SMILES string of the molecule is CO[C@@]12CC[C@]3(C)[C@@H]([C@H](C)C[C@@H](C)C=C(C)C)CC[C@@]3(C)[C@@H]1[C@@H](O)C=C1[C@H]2CC[C@H](C)C1(C)C. The van der Waals surface area contributed by atoms with Gasteiger partial charge in [-0.2, -0.15) is 0 Å². The molecule has 4 rings (SSSR count). The van der Waals surface area contributed by atoms with Crippen molar-refractivity contribution in [3.63, 3.8) is 0 Å². The van der Waals surface area contributed by atoms with Crippen molar-refractivity contribution in [2.45, 2.75) is 119 Å². The molecule has 2 heteroatoms. The lowest BCUT2D eigenvalue weighted by Crippen LogP contribution is -2.67. The van der Waals surface area contributed by atoms with Gasteiger partial charge in [0.15, 0.2) is 0 Å². The van der Waals surface area contributed by atoms with Crippen LogP contribution in [-0.4, -0.2) is 23.9 Å². The summed E-state index contributed by atoms with van der Waals surface area (Å²) < 4.78 is 6.67. The molecule has 0 saturated heterocycles. The summed E-state index contributed by atoms with van der Waals surface area (Å²) in [5, 5.41) is 11.9. The average Bonchev–Trinajstić information content (AvgIpc) is 3.01. The Morgan fingerprint density at radius 1 is 1.06 bits per heavy atom. The summed E-state index contributed by atoms with van der Waals surface area (Å²) in [7, 11) is 1.95. The van der Waals surface area contributed by atoms with Gasteiger partial charge in [-0.1, -0.05) is 71.8 Å². The van der Waals surface area contributed by atoms with Crippen molar-refractivity contribution < 1.29 is 9.84 Å². The minimum atomic E-state index is -0.404. The fraction of sp³-hybridized carbons (Fsp3) is 0.875. The van der Waals surface area contributed by atoms with Gasteiger partial charge in [-0.15, -0.1) is 0 Å². The zero-order chi connectivity index (χ0) is 25.3. The van der Waals surface area contributed by atoms with E-state index in [4.69, 9.17) is 4.74 Å². The number of ether oxygens (including phenoxy) is 1. The highest BCUT2D eigenvalue weighted by Gasteiger charge is 2.70. The minimum Gasteiger partial charge on any atom is -0.389 e. The highest BCUT2D eigenvalue weighted by molar-refractivity contribution is 5.34. The Hall–Kier alpha value is -0.600. The summed E-state index contributed by atoms with van der Waals surface area (Å²) in [5.41, 5.74) is 3.20. The van der Waals surface area contributed by atoms with Crippen LogP contribution in [0.2, 0.25) is 0 Å². The van der Waals surface area contributed by atoms with E-state index in [2.05, 4.69) is 74.5 Å². The number of aliphatic hydroxyl groups is 1. The molecule has 10 atom stereocenters. The van der Waals surface area contributed by atoms with E-state index in [0.29, 0.717) is 23.7 Å². The van der Waals surface area contributed by atoms with Crippen LogP contribution in [0.15, 0.2) is 23.3 Å². The molecular formula is C32H54O2. The molecule has 1 N–H and O–H groups in total. The molecule has 0 aliphatic heterocycles. The third-order valence-electron chi connectivity index (χ3n) is 12.3. The van der Waals surface area contributed by atoms with E-state index < -0.39 is 6.10 Å². The van der Waals surface area contributed by atoms with Crippen molar-refractivity contribution in [3.8, 4) is 0 Å². The zero-order valence-electron chi connectivity index (χ0n) is 24.0. The van der Waals surface area contributed by atoms with Crippen LogP contribution in [0.3, 0.4) is 0 Å². The molecule has 4 aliphatic rings. The molecule has 3 fully saturated rings. The van der Waals surface area contributed by atoms with Crippen LogP contribution in [0, 0.1) is 51.8 Å². The molecule has 2 nitrogen and oxygen atoms in total. The second-order valence-electron chi connectivity index (χ2n) is 14.4. The summed E-state index contributed by atoms with van der Waals surface area (Å²) in [6.45, 7) is 21.7. The second kappa shape index (κ2) is 8.76. The van der Waals surface area contributed by atoms with Gasteiger partial charge >= 0.3 is 0 Å². The zero-order valence-corrected chi connectivity index (χ0v) is 24.0. The lowest BCUT2D eigenvalue weighted by atomic mass is 9.41. The van der Waals surface area contributed by atoms with Crippen LogP contribution in [0.4, 0.5) is 0 Å². The Labute approximate surface area is 211 Å². The molecule has 0 spiro atoms. The third-order valence-corrected chi connectivity index (χ3v) is 12.3. The first-order valence-corrected chi connectivity index (χ1v) is 14.3. The fourth-order valence-corrected chi connectivity index (χ4v) is 10.1. The number of rotatable bonds is 5. The van der Waals surface area contributed by atoms with Crippen LogP contribution in [0.25, 0.3) is 0 Å². The molecule has 0 bridgehead atoms. The van der Waals surface area contributed by atoms with Crippen LogP contribution in [-0.2, 0) is 4.74 Å². The molecule has 0 aromatic carbocycles. The lowest BCUT2D eigenvalue weighted by molar-refractivity contribution is -0.234. The largest absolute Gasteiger partial charge is 0.389 e. The van der Waals surface area contributed by atoms with E-state index in [1.165, 1.54) is 49.7 Å². The predicted molar refractivity (Wildman–Crippen MR) is 144 cm³/mol. The quantitative estimate of drug-likeness (QED) is 0.410. The third kappa shape index (κ3) is 3.63. The summed E-state index contributed by atoms with van der Waals surface area (Å²) in [6, 6.07) is 0. The molecule has 0 aromatic heterocycles. The van der Waals surface area contributed by atoms with Gasteiger partial charge in [0.25, 0.3) is 0 Å². The Morgan fingerprint density at radius 3 is 2.35 bits per heavy atom. The number of aliphatic hydroxyl groups excluding tert-OH is 1. The molecule has 194 valence electrons. The van der Waals surface area contributed by atoms with Crippen LogP contribution < -0.4 is 0 Å². The van der Waals surface area contributed by atoms with Gasteiger partial charge in [0, 0.05) is 18.9 Å². The fourth-order valence-electron chi connectivity index (χ4n) is 10.1. The van der Waals surface area contributed by atoms with Crippen molar-refractivity contribution in [3.05, 3.63) is 23.3 Å². The summed E-state index contributed by atoms with van der Waals surface area (Å²) in [5.74, 6) is 3.35. The number of hydrogen-bond acceptors (Lipinski definition) is 2. The normalized spacial score (nSPS) is 47.0. The van der Waals surface area contributed by atoms with E-state index in [1.54, 1.807) is 0 Å². The highest BCUT2D eigenvalue weighted by Crippen LogP contribution is 2.73. The monoisotopic (exact) mass is 470 g/mol. The Morgan fingerprint density at radius 2 is 1.74 bits per heavy atom. The lowest BCUT2D eigenvalue weighted by Gasteiger charge is -2.67. The Balaban J connectivity index is 1.71. The van der Waals surface area contributed by atoms with Crippen molar-refractivity contribution in [2.75, 3.05) is 7.11 Å². The van der Waals surface area contributed by atoms with Crippen molar-refractivity contribution in [1.82, 2.24) is 0 Å². The highest BCUT2D eigenvalue weighted by atomic mass is 16.5. The molecule has 0 radical (unpaired) electrons. The molecule has 0 unspecified atom stereocenters. The standard InChI is InChI=1S/C32H54O2/c1-20(2)17-21(3)18-22(4)24-13-14-31(9)28-27(33)19-26-25(12-11-23(5)29(26,6)7)32(28,34-10)16-15-30(24,31)8/h17,19,21-25,27-28,33H,11-16,18H2,1-10H3/t21-,22+,23-,24+,25+,27-,28-,30+,31-,32+/m0/s1. The number of hydrogen-bond donors (Lipinski definition) is 1. The molecule has 0 heterocycles. The predicted octanol–water partition coefficient (Wildman–Crippen LogP) is 8.21. The summed E-state index contributed by atoms with van der Waals surface area (Å²) in [6.07, 6.45) is 12.9. The van der Waals surface area contributed by atoms with Crippen molar-refractivity contribution >= 4 is 0 Å². The van der Waals surface area contributed by atoms with Crippen molar-refractivity contribution in [2.24, 2.45) is 51.8 Å². The van der Waals surface area contributed by atoms with Crippen molar-refractivity contribution in [1.29, 1.82) is 0 Å². The van der Waals surface area contributed by atoms with Gasteiger partial charge in [-0.25, -0.2) is 0 Å². The smallest absolute Gasteiger partial charge is 0.0805 e. The molecule has 3 saturated carbocycles. The maximum Gasteiger partial charge on any atom is 0.0805 e. The molecule has 34 heavy (non-hydrogen) atoms. The van der Waals surface area contributed by atoms with E-state index in [9.17, 15) is 5.11 Å². The summed E-state index contributed by atoms with van der Waals surface area (Å²) >= 11 is 0. The number of methoxy groups -OCH3 is 1. The Bertz CT molecular complexity index is 834. The maximum atomic E-state index is 11.9. The van der Waals surface area contributed by atoms with Crippen LogP contribution in [0.5, 0.6) is 0 Å². The number of allylic oxidation sites excluding steroid dienone is 2. The molecule has 0 amide bonds. The van der Waals surface area contributed by atoms with E-state index in [0.717, 1.165) is 12.3 Å². The van der Waals surface area contributed by atoms with Gasteiger partial charge in [0.2, 0.25) is 0 Å².